The van der Waals surface area contributed by atoms with Gasteiger partial charge in [0.1, 0.15) is 11.5 Å². The molecule has 6 heteroatoms. The Morgan fingerprint density at radius 3 is 2.57 bits per heavy atom. The fourth-order valence-corrected chi connectivity index (χ4v) is 4.25. The number of piperidine rings is 1. The Hall–Kier alpha value is -2.31. The van der Waals surface area contributed by atoms with Crippen LogP contribution in [0.25, 0.3) is 10.8 Å². The monoisotopic (exact) mass is 384 g/mol. The summed E-state index contributed by atoms with van der Waals surface area (Å²) in [6.07, 6.45) is 1.73. The van der Waals surface area contributed by atoms with Crippen molar-refractivity contribution >= 4 is 16.7 Å². The normalized spacial score (nSPS) is 19.1. The van der Waals surface area contributed by atoms with E-state index in [1.807, 2.05) is 29.2 Å². The number of rotatable bonds is 4. The number of likely N-dealkylation sites (tertiary alicyclic amines) is 1. The number of ether oxygens (including phenoxy) is 2. The zero-order valence-corrected chi connectivity index (χ0v) is 16.4. The molecule has 2 aromatic rings. The lowest BCUT2D eigenvalue weighted by molar-refractivity contribution is -0.141. The Kier molecular flexibility index (Phi) is 5.69. The van der Waals surface area contributed by atoms with E-state index in [0.29, 0.717) is 38.6 Å². The largest absolute Gasteiger partial charge is 0.508 e. The van der Waals surface area contributed by atoms with Crippen molar-refractivity contribution in [2.24, 2.45) is 5.92 Å². The third-order valence-electron chi connectivity index (χ3n) is 5.96. The maximum Gasteiger partial charge on any atom is 0.225 e. The molecule has 0 bridgehead atoms. The Labute approximate surface area is 165 Å². The van der Waals surface area contributed by atoms with Gasteiger partial charge < -0.3 is 19.5 Å². The minimum Gasteiger partial charge on any atom is -0.508 e. The van der Waals surface area contributed by atoms with Crippen molar-refractivity contribution in [3.05, 3.63) is 35.9 Å². The van der Waals surface area contributed by atoms with Gasteiger partial charge in [-0.2, -0.15) is 0 Å². The molecule has 0 radical (unpaired) electrons. The molecule has 0 saturated carbocycles. The quantitative estimate of drug-likeness (QED) is 0.878. The number of hydrogen-bond donors (Lipinski definition) is 1. The molecule has 2 aliphatic heterocycles. The average Bonchev–Trinajstić information content (AvgIpc) is 2.76. The van der Waals surface area contributed by atoms with Crippen molar-refractivity contribution < 1.29 is 19.4 Å². The van der Waals surface area contributed by atoms with Crippen molar-refractivity contribution in [1.29, 1.82) is 0 Å². The number of phenolic OH excluding ortho intramolecular Hbond substituents is 1. The van der Waals surface area contributed by atoms with Crippen LogP contribution in [0, 0.1) is 5.92 Å². The number of carbonyl (C=O) groups is 1. The number of carbonyl (C=O) groups excluding carboxylic acids is 1. The summed E-state index contributed by atoms with van der Waals surface area (Å²) < 4.78 is 10.7. The summed E-state index contributed by atoms with van der Waals surface area (Å²) in [5.41, 5.74) is 0.925. The van der Waals surface area contributed by atoms with Gasteiger partial charge in [0, 0.05) is 31.1 Å². The van der Waals surface area contributed by atoms with E-state index in [9.17, 15) is 9.90 Å². The molecular formula is C22H28N2O4. The van der Waals surface area contributed by atoms with Gasteiger partial charge in [-0.15, -0.1) is 0 Å². The van der Waals surface area contributed by atoms with Crippen molar-refractivity contribution in [3.8, 4) is 11.5 Å². The number of fused-ring (bicyclic) bond motifs is 1. The molecule has 2 aromatic carbocycles. The topological polar surface area (TPSA) is 62.2 Å². The first kappa shape index (κ1) is 19.0. The van der Waals surface area contributed by atoms with Crippen molar-refractivity contribution in [3.63, 3.8) is 0 Å². The summed E-state index contributed by atoms with van der Waals surface area (Å²) in [5, 5.41) is 12.6. The van der Waals surface area contributed by atoms with Crippen LogP contribution in [-0.2, 0) is 16.1 Å². The Morgan fingerprint density at radius 2 is 1.86 bits per heavy atom. The molecule has 0 aromatic heterocycles. The molecule has 2 heterocycles. The van der Waals surface area contributed by atoms with E-state index < -0.39 is 0 Å². The van der Waals surface area contributed by atoms with Crippen LogP contribution >= 0.6 is 0 Å². The van der Waals surface area contributed by atoms with Gasteiger partial charge >= 0.3 is 0 Å². The van der Waals surface area contributed by atoms with Crippen LogP contribution < -0.4 is 4.74 Å². The number of nitrogens with zero attached hydrogens (tertiary/aromatic N) is 2. The van der Waals surface area contributed by atoms with Gasteiger partial charge in [0.2, 0.25) is 5.91 Å². The fraction of sp³-hybridized carbons (Fsp3) is 0.500. The molecule has 1 amide bonds. The highest BCUT2D eigenvalue weighted by Gasteiger charge is 2.29. The number of amides is 1. The lowest BCUT2D eigenvalue weighted by Crippen LogP contribution is -2.46. The van der Waals surface area contributed by atoms with E-state index >= 15 is 0 Å². The molecule has 0 aliphatic carbocycles. The van der Waals surface area contributed by atoms with Gasteiger partial charge in [-0.05, 0) is 54.9 Å². The number of phenols is 1. The number of methoxy groups -OCH3 is 1. The van der Waals surface area contributed by atoms with Crippen molar-refractivity contribution in [2.45, 2.75) is 19.4 Å². The van der Waals surface area contributed by atoms with Crippen LogP contribution in [0.5, 0.6) is 11.5 Å². The summed E-state index contributed by atoms with van der Waals surface area (Å²) >= 11 is 0. The molecule has 4 rings (SSSR count). The Bertz CT molecular complexity index is 840. The van der Waals surface area contributed by atoms with Crippen LogP contribution in [0.3, 0.4) is 0 Å². The predicted molar refractivity (Wildman–Crippen MR) is 108 cm³/mol. The van der Waals surface area contributed by atoms with Gasteiger partial charge in [0.05, 0.1) is 20.3 Å². The van der Waals surface area contributed by atoms with Gasteiger partial charge in [-0.3, -0.25) is 9.69 Å². The molecule has 0 spiro atoms. The number of morpholine rings is 1. The van der Waals surface area contributed by atoms with Crippen LogP contribution in [0.4, 0.5) is 0 Å². The first-order valence-corrected chi connectivity index (χ1v) is 10.0. The molecule has 2 saturated heterocycles. The molecule has 1 N–H and O–H groups in total. The SMILES string of the molecule is COc1ccc2ccc(O)c(CN3CCC(C(=O)N4CCOCC4)CC3)c2c1. The van der Waals surface area contributed by atoms with E-state index in [4.69, 9.17) is 9.47 Å². The number of hydrogen-bond acceptors (Lipinski definition) is 5. The maximum absolute atomic E-state index is 12.7. The Balaban J connectivity index is 1.43. The van der Waals surface area contributed by atoms with Gasteiger partial charge in [0.25, 0.3) is 0 Å². The van der Waals surface area contributed by atoms with Crippen LogP contribution in [0.2, 0.25) is 0 Å². The second-order valence-electron chi connectivity index (χ2n) is 7.64. The molecule has 2 aliphatic rings. The lowest BCUT2D eigenvalue weighted by atomic mass is 9.94. The molecule has 0 unspecified atom stereocenters. The Morgan fingerprint density at radius 1 is 1.14 bits per heavy atom. The van der Waals surface area contributed by atoms with E-state index in [1.54, 1.807) is 13.2 Å². The molecule has 6 nitrogen and oxygen atoms in total. The summed E-state index contributed by atoms with van der Waals surface area (Å²) in [6, 6.07) is 9.63. The summed E-state index contributed by atoms with van der Waals surface area (Å²) in [5.74, 6) is 1.48. The van der Waals surface area contributed by atoms with E-state index in [2.05, 4.69) is 4.90 Å². The number of benzene rings is 2. The zero-order valence-electron chi connectivity index (χ0n) is 16.4. The zero-order chi connectivity index (χ0) is 19.5. The average molecular weight is 384 g/mol. The van der Waals surface area contributed by atoms with Gasteiger partial charge in [-0.25, -0.2) is 0 Å². The van der Waals surface area contributed by atoms with Gasteiger partial charge in [0.15, 0.2) is 0 Å². The summed E-state index contributed by atoms with van der Waals surface area (Å²) in [6.45, 7) is 5.12. The van der Waals surface area contributed by atoms with Crippen LogP contribution in [0.15, 0.2) is 30.3 Å². The standard InChI is InChI=1S/C22H28N2O4/c1-27-18-4-2-16-3-5-21(25)20(19(16)14-18)15-23-8-6-17(7-9-23)22(26)24-10-12-28-13-11-24/h2-5,14,17,25H,6-13,15H2,1H3. The van der Waals surface area contributed by atoms with Crippen molar-refractivity contribution in [1.82, 2.24) is 9.80 Å². The minimum absolute atomic E-state index is 0.107. The molecule has 28 heavy (non-hydrogen) atoms. The second kappa shape index (κ2) is 8.37. The minimum atomic E-state index is 0.107. The fourth-order valence-electron chi connectivity index (χ4n) is 4.25. The highest BCUT2D eigenvalue weighted by Crippen LogP contribution is 2.32. The van der Waals surface area contributed by atoms with E-state index in [1.165, 1.54) is 0 Å². The van der Waals surface area contributed by atoms with Crippen LogP contribution in [0.1, 0.15) is 18.4 Å². The summed E-state index contributed by atoms with van der Waals surface area (Å²) in [7, 11) is 1.65. The first-order chi connectivity index (χ1) is 13.7. The van der Waals surface area contributed by atoms with Crippen molar-refractivity contribution in [2.75, 3.05) is 46.5 Å². The second-order valence-corrected chi connectivity index (χ2v) is 7.64. The highest BCUT2D eigenvalue weighted by molar-refractivity contribution is 5.89. The maximum atomic E-state index is 12.7. The molecule has 0 atom stereocenters. The molecule has 150 valence electrons. The van der Waals surface area contributed by atoms with E-state index in [-0.39, 0.29) is 11.8 Å². The highest BCUT2D eigenvalue weighted by atomic mass is 16.5. The van der Waals surface area contributed by atoms with Crippen LogP contribution in [-0.4, -0.2) is 67.3 Å². The molecule has 2 fully saturated rings. The number of aromatic hydroxyl groups is 1. The summed E-state index contributed by atoms with van der Waals surface area (Å²) in [4.78, 5) is 17.0. The van der Waals surface area contributed by atoms with Gasteiger partial charge in [-0.1, -0.05) is 12.1 Å². The molecular weight excluding hydrogens is 356 g/mol. The third kappa shape index (κ3) is 3.93. The predicted octanol–water partition coefficient (Wildman–Crippen LogP) is 2.62. The first-order valence-electron chi connectivity index (χ1n) is 10.0. The lowest BCUT2D eigenvalue weighted by Gasteiger charge is -2.35. The van der Waals surface area contributed by atoms with E-state index in [0.717, 1.165) is 48.0 Å². The smallest absolute Gasteiger partial charge is 0.225 e. The third-order valence-corrected chi connectivity index (χ3v) is 5.96.